The summed E-state index contributed by atoms with van der Waals surface area (Å²) in [6.07, 6.45) is 8.31. The summed E-state index contributed by atoms with van der Waals surface area (Å²) in [5, 5.41) is 10.1. The van der Waals surface area contributed by atoms with Crippen molar-refractivity contribution in [3.63, 3.8) is 0 Å². The summed E-state index contributed by atoms with van der Waals surface area (Å²) in [5.74, 6) is 5.47. The molecule has 0 unspecified atom stereocenters. The van der Waals surface area contributed by atoms with Crippen LogP contribution >= 0.6 is 11.3 Å². The molecule has 4 rings (SSSR count). The number of carbonyl (C=O) groups excluding carboxylic acids is 1. The first-order valence-electron chi connectivity index (χ1n) is 13.6. The van der Waals surface area contributed by atoms with Crippen molar-refractivity contribution in [1.82, 2.24) is 0 Å². The van der Waals surface area contributed by atoms with E-state index in [0.717, 1.165) is 45.1 Å². The average Bonchev–Trinajstić information content (AvgIpc) is 3.49. The topological polar surface area (TPSA) is 76.1 Å². The Balaban J connectivity index is 1.63. The lowest BCUT2D eigenvalue weighted by molar-refractivity contribution is -0.124. The molecular formula is C30H41NO5S. The highest BCUT2D eigenvalue weighted by molar-refractivity contribution is 7.15. The summed E-state index contributed by atoms with van der Waals surface area (Å²) in [7, 11) is 0. The number of rotatable bonds is 6. The first kappa shape index (κ1) is 27.9. The number of hydrogen-bond donors (Lipinski definition) is 1. The van der Waals surface area contributed by atoms with Crippen molar-refractivity contribution < 1.29 is 24.2 Å². The Labute approximate surface area is 225 Å². The Kier molecular flexibility index (Phi) is 8.83. The highest BCUT2D eigenvalue weighted by Crippen LogP contribution is 2.39. The highest BCUT2D eigenvalue weighted by Gasteiger charge is 2.39. The monoisotopic (exact) mass is 527 g/mol. The van der Waals surface area contributed by atoms with Gasteiger partial charge in [-0.25, -0.2) is 4.79 Å². The zero-order valence-electron chi connectivity index (χ0n) is 22.8. The largest absolute Gasteiger partial charge is 0.477 e. The minimum absolute atomic E-state index is 0.0421. The summed E-state index contributed by atoms with van der Waals surface area (Å²) in [5.41, 5.74) is 1.62. The zero-order chi connectivity index (χ0) is 26.7. The number of nitrogens with zero attached hydrogens (tertiary/aromatic N) is 1. The predicted octanol–water partition coefficient (Wildman–Crippen LogP) is 6.29. The molecule has 6 nitrogen and oxygen atoms in total. The summed E-state index contributed by atoms with van der Waals surface area (Å²) in [6.45, 7) is 11.8. The molecule has 0 spiro atoms. The van der Waals surface area contributed by atoms with Gasteiger partial charge in [0.15, 0.2) is 0 Å². The van der Waals surface area contributed by atoms with Crippen LogP contribution in [0.4, 0.5) is 5.69 Å². The van der Waals surface area contributed by atoms with Crippen LogP contribution < -0.4 is 4.90 Å². The van der Waals surface area contributed by atoms with Crippen molar-refractivity contribution in [2.45, 2.75) is 97.8 Å². The molecule has 1 amide bonds. The molecule has 0 radical (unpaired) electrons. The molecule has 7 heteroatoms. The summed E-state index contributed by atoms with van der Waals surface area (Å²) >= 11 is 1.17. The average molecular weight is 528 g/mol. The van der Waals surface area contributed by atoms with E-state index in [1.807, 2.05) is 31.7 Å². The van der Waals surface area contributed by atoms with Gasteiger partial charge in [-0.3, -0.25) is 4.79 Å². The lowest BCUT2D eigenvalue weighted by atomic mass is 9.79. The number of carbonyl (C=O) groups is 2. The van der Waals surface area contributed by atoms with E-state index in [1.54, 1.807) is 0 Å². The van der Waals surface area contributed by atoms with Gasteiger partial charge in [0.2, 0.25) is 5.91 Å². The maximum absolute atomic E-state index is 14.2. The molecule has 1 aromatic heterocycles. The Bertz CT molecular complexity index is 1070. The number of carboxylic acids is 1. The van der Waals surface area contributed by atoms with Crippen molar-refractivity contribution in [2.75, 3.05) is 18.1 Å². The van der Waals surface area contributed by atoms with Crippen molar-refractivity contribution in [3.05, 3.63) is 27.5 Å². The fourth-order valence-electron chi connectivity index (χ4n) is 5.67. The van der Waals surface area contributed by atoms with Gasteiger partial charge in [-0.1, -0.05) is 30.4 Å². The van der Waals surface area contributed by atoms with Gasteiger partial charge in [0.1, 0.15) is 4.88 Å². The lowest BCUT2D eigenvalue weighted by Crippen LogP contribution is -2.48. The van der Waals surface area contributed by atoms with E-state index in [4.69, 9.17) is 9.47 Å². The van der Waals surface area contributed by atoms with Crippen molar-refractivity contribution in [2.24, 2.45) is 17.3 Å². The van der Waals surface area contributed by atoms with E-state index in [2.05, 4.69) is 31.8 Å². The van der Waals surface area contributed by atoms with Gasteiger partial charge in [-0.2, -0.15) is 0 Å². The second-order valence-corrected chi connectivity index (χ2v) is 13.0. The molecule has 0 bridgehead atoms. The molecule has 37 heavy (non-hydrogen) atoms. The number of allylic oxidation sites excluding steroid dienone is 2. The maximum atomic E-state index is 14.2. The van der Waals surface area contributed by atoms with Gasteiger partial charge < -0.3 is 19.5 Å². The summed E-state index contributed by atoms with van der Waals surface area (Å²) in [4.78, 5) is 29.3. The molecule has 1 saturated carbocycles. The van der Waals surface area contributed by atoms with Crippen LogP contribution in [0.2, 0.25) is 0 Å². The quantitative estimate of drug-likeness (QED) is 0.348. The van der Waals surface area contributed by atoms with Crippen molar-refractivity contribution >= 4 is 28.9 Å². The maximum Gasteiger partial charge on any atom is 0.348 e. The zero-order valence-corrected chi connectivity index (χ0v) is 23.7. The molecule has 1 N–H and O–H groups in total. The third-order valence-corrected chi connectivity index (χ3v) is 8.64. The minimum Gasteiger partial charge on any atom is -0.477 e. The van der Waals surface area contributed by atoms with Gasteiger partial charge >= 0.3 is 5.97 Å². The van der Waals surface area contributed by atoms with Gasteiger partial charge in [0.25, 0.3) is 0 Å². The van der Waals surface area contributed by atoms with Gasteiger partial charge in [0.05, 0.1) is 29.4 Å². The first-order valence-corrected chi connectivity index (χ1v) is 14.5. The molecule has 1 saturated heterocycles. The Morgan fingerprint density at radius 3 is 2.49 bits per heavy atom. The van der Waals surface area contributed by atoms with Crippen LogP contribution in [0.25, 0.3) is 0 Å². The lowest BCUT2D eigenvalue weighted by Gasteiger charge is -2.40. The SMILES string of the molecule is CC1=CC[C@H](C(=O)N(c2cc(C#CC(C)(C)C)sc2C(=O)O)C2CCC(O[C@@H]3CCOC3)CC2)[C@@H](C)C1. The van der Waals surface area contributed by atoms with E-state index in [-0.39, 0.29) is 46.3 Å². The molecule has 3 aliphatic rings. The number of amides is 1. The van der Waals surface area contributed by atoms with Crippen LogP contribution in [0, 0.1) is 29.1 Å². The standard InChI is InChI=1S/C30H41NO5S/c1-19-6-11-25(20(2)16-19)28(32)31(21-7-9-22(10-8-21)36-23-13-15-35-18-23)26-17-24(12-14-30(3,4)5)37-27(26)29(33)34/h6,17,20-23,25H,7-11,13,15-16,18H2,1-5H3,(H,33,34)/t20-,21?,22?,23+,25-/m0/s1. The second kappa shape index (κ2) is 11.7. The van der Waals surface area contributed by atoms with E-state index >= 15 is 0 Å². The van der Waals surface area contributed by atoms with Crippen LogP contribution in [0.1, 0.15) is 94.1 Å². The van der Waals surface area contributed by atoms with Crippen molar-refractivity contribution in [3.8, 4) is 11.8 Å². The minimum atomic E-state index is -1.01. The molecule has 202 valence electrons. The molecular weight excluding hydrogens is 486 g/mol. The number of hydrogen-bond acceptors (Lipinski definition) is 5. The van der Waals surface area contributed by atoms with Crippen LogP contribution in [0.15, 0.2) is 17.7 Å². The second-order valence-electron chi connectivity index (χ2n) is 12.0. The molecule has 2 heterocycles. The smallest absolute Gasteiger partial charge is 0.348 e. The van der Waals surface area contributed by atoms with Crippen LogP contribution in [0.3, 0.4) is 0 Å². The van der Waals surface area contributed by atoms with E-state index < -0.39 is 5.97 Å². The number of carboxylic acid groups (broad SMARTS) is 1. The summed E-state index contributed by atoms with van der Waals surface area (Å²) < 4.78 is 11.7. The molecule has 1 aliphatic heterocycles. The third kappa shape index (κ3) is 7.04. The first-order chi connectivity index (χ1) is 17.5. The third-order valence-electron chi connectivity index (χ3n) is 7.61. The number of ether oxygens (including phenoxy) is 2. The molecule has 2 fully saturated rings. The van der Waals surface area contributed by atoms with Crippen LogP contribution in [-0.2, 0) is 14.3 Å². The molecule has 0 aromatic carbocycles. The van der Waals surface area contributed by atoms with Crippen LogP contribution in [0.5, 0.6) is 0 Å². The number of thiophene rings is 1. The van der Waals surface area contributed by atoms with Crippen molar-refractivity contribution in [1.29, 1.82) is 0 Å². The number of aromatic carboxylic acids is 1. The fraction of sp³-hybridized carbons (Fsp3) is 0.667. The van der Waals surface area contributed by atoms with E-state index in [0.29, 0.717) is 23.6 Å². The fourth-order valence-corrected chi connectivity index (χ4v) is 6.51. The highest BCUT2D eigenvalue weighted by atomic mass is 32.1. The van der Waals surface area contributed by atoms with Crippen LogP contribution in [-0.4, -0.2) is 48.4 Å². The molecule has 2 aliphatic carbocycles. The predicted molar refractivity (Wildman–Crippen MR) is 147 cm³/mol. The van der Waals surface area contributed by atoms with E-state index in [9.17, 15) is 14.7 Å². The Morgan fingerprint density at radius 1 is 1.16 bits per heavy atom. The van der Waals surface area contributed by atoms with Gasteiger partial charge in [0, 0.05) is 24.0 Å². The Morgan fingerprint density at radius 2 is 1.89 bits per heavy atom. The number of anilines is 1. The molecule has 3 atom stereocenters. The normalized spacial score (nSPS) is 28.2. The molecule has 1 aromatic rings. The summed E-state index contributed by atoms with van der Waals surface area (Å²) in [6, 6.07) is 1.78. The van der Waals surface area contributed by atoms with Gasteiger partial charge in [-0.05, 0) is 84.6 Å². The Hall–Kier alpha value is -2.14. The van der Waals surface area contributed by atoms with E-state index in [1.165, 1.54) is 16.9 Å². The van der Waals surface area contributed by atoms with Gasteiger partial charge in [-0.15, -0.1) is 11.3 Å².